The number of phenolic OH excluding ortho intramolecular Hbond substituents is 1. The number of nitrogens with zero attached hydrogens (tertiary/aromatic N) is 1. The number of benzene rings is 1. The van der Waals surface area contributed by atoms with E-state index in [9.17, 15) is 39.0 Å². The lowest BCUT2D eigenvalue weighted by Gasteiger charge is -2.25. The number of hydrogen-bond donors (Lipinski definition) is 9. The second kappa shape index (κ2) is 14.8. The van der Waals surface area contributed by atoms with Crippen molar-refractivity contribution in [3.05, 3.63) is 48.0 Å². The van der Waals surface area contributed by atoms with Gasteiger partial charge in [-0.25, -0.2) is 9.78 Å². The molecule has 0 aliphatic rings. The molecular formula is C24H32N8O8. The topological polar surface area (TPSA) is 286 Å². The number of imidazole rings is 1. The average molecular weight is 561 g/mol. The van der Waals surface area contributed by atoms with Crippen LogP contribution in [0.2, 0.25) is 0 Å². The number of H-pyrrole nitrogens is 1. The van der Waals surface area contributed by atoms with Crippen LogP contribution in [0.25, 0.3) is 0 Å². The summed E-state index contributed by atoms with van der Waals surface area (Å²) in [5.74, 6) is -5.89. The number of aromatic hydroxyl groups is 1. The van der Waals surface area contributed by atoms with Crippen LogP contribution in [-0.2, 0) is 41.6 Å². The predicted molar refractivity (Wildman–Crippen MR) is 138 cm³/mol. The largest absolute Gasteiger partial charge is 0.508 e. The first-order valence-corrected chi connectivity index (χ1v) is 12.1. The molecule has 16 nitrogen and oxygen atoms in total. The van der Waals surface area contributed by atoms with Gasteiger partial charge in [0, 0.05) is 31.2 Å². The molecule has 1 heterocycles. The second-order valence-corrected chi connectivity index (χ2v) is 8.96. The fourth-order valence-corrected chi connectivity index (χ4v) is 3.58. The number of primary amides is 2. The molecule has 1 aromatic carbocycles. The first-order chi connectivity index (χ1) is 18.8. The molecular weight excluding hydrogens is 528 g/mol. The summed E-state index contributed by atoms with van der Waals surface area (Å²) in [6.07, 6.45) is 1.56. The van der Waals surface area contributed by atoms with Gasteiger partial charge in [-0.3, -0.25) is 24.0 Å². The number of rotatable bonds is 16. The summed E-state index contributed by atoms with van der Waals surface area (Å²) in [4.78, 5) is 79.8. The second-order valence-electron chi connectivity index (χ2n) is 8.96. The van der Waals surface area contributed by atoms with E-state index in [0.29, 0.717) is 11.3 Å². The number of hydrogen-bond acceptors (Lipinski definition) is 9. The number of aliphatic carboxylic acids is 1. The van der Waals surface area contributed by atoms with Gasteiger partial charge in [-0.1, -0.05) is 12.1 Å². The van der Waals surface area contributed by atoms with Crippen molar-refractivity contribution in [3.63, 3.8) is 0 Å². The number of carboxylic acid groups (broad SMARTS) is 1. The molecule has 2 rings (SSSR count). The molecule has 0 saturated carbocycles. The van der Waals surface area contributed by atoms with Gasteiger partial charge in [-0.2, -0.15) is 0 Å². The van der Waals surface area contributed by atoms with Crippen LogP contribution in [0, 0.1) is 0 Å². The van der Waals surface area contributed by atoms with Crippen molar-refractivity contribution < 1.29 is 39.0 Å². The molecule has 12 N–H and O–H groups in total. The van der Waals surface area contributed by atoms with E-state index in [0.717, 1.165) is 0 Å². The Hall–Kier alpha value is -4.99. The Bertz CT molecular complexity index is 1200. The minimum atomic E-state index is -1.67. The number of carbonyl (C=O) groups is 6. The van der Waals surface area contributed by atoms with Gasteiger partial charge in [-0.05, 0) is 24.1 Å². The lowest BCUT2D eigenvalue weighted by molar-refractivity contribution is -0.143. The fraction of sp³-hybridized carbons (Fsp3) is 0.375. The summed E-state index contributed by atoms with van der Waals surface area (Å²) >= 11 is 0. The zero-order chi connectivity index (χ0) is 29.8. The van der Waals surface area contributed by atoms with Crippen molar-refractivity contribution in [2.45, 2.75) is 56.3 Å². The minimum absolute atomic E-state index is 0.0538. The highest BCUT2D eigenvalue weighted by Crippen LogP contribution is 2.12. The van der Waals surface area contributed by atoms with Gasteiger partial charge in [0.1, 0.15) is 23.9 Å². The normalized spacial score (nSPS) is 13.7. The van der Waals surface area contributed by atoms with E-state index in [-0.39, 0.29) is 31.4 Å². The van der Waals surface area contributed by atoms with Crippen molar-refractivity contribution in [2.75, 3.05) is 0 Å². The Balaban J connectivity index is 2.24. The smallest absolute Gasteiger partial charge is 0.326 e. The van der Waals surface area contributed by atoms with E-state index in [1.54, 1.807) is 0 Å². The van der Waals surface area contributed by atoms with Crippen LogP contribution in [0.5, 0.6) is 5.75 Å². The molecule has 5 amide bonds. The average Bonchev–Trinajstić information content (AvgIpc) is 3.39. The molecule has 40 heavy (non-hydrogen) atoms. The van der Waals surface area contributed by atoms with Crippen molar-refractivity contribution in [1.82, 2.24) is 25.9 Å². The van der Waals surface area contributed by atoms with Crippen molar-refractivity contribution in [2.24, 2.45) is 17.2 Å². The minimum Gasteiger partial charge on any atom is -0.508 e. The van der Waals surface area contributed by atoms with Gasteiger partial charge in [0.2, 0.25) is 29.5 Å². The Kier molecular flexibility index (Phi) is 11.6. The fourth-order valence-electron chi connectivity index (χ4n) is 3.58. The zero-order valence-corrected chi connectivity index (χ0v) is 21.3. The Morgan fingerprint density at radius 1 is 0.850 bits per heavy atom. The van der Waals surface area contributed by atoms with Crippen LogP contribution in [0.15, 0.2) is 36.8 Å². The third kappa shape index (κ3) is 10.4. The maximum absolute atomic E-state index is 13.2. The van der Waals surface area contributed by atoms with Crippen LogP contribution < -0.4 is 33.2 Å². The van der Waals surface area contributed by atoms with Gasteiger partial charge in [-0.15, -0.1) is 0 Å². The van der Waals surface area contributed by atoms with Crippen molar-refractivity contribution in [1.29, 1.82) is 0 Å². The zero-order valence-electron chi connectivity index (χ0n) is 21.3. The predicted octanol–water partition coefficient (Wildman–Crippen LogP) is -3.09. The molecule has 2 aromatic rings. The molecule has 0 saturated heterocycles. The molecule has 4 atom stereocenters. The van der Waals surface area contributed by atoms with Crippen LogP contribution in [0.1, 0.15) is 30.5 Å². The summed E-state index contributed by atoms with van der Waals surface area (Å²) < 4.78 is 0. The first kappa shape index (κ1) is 31.2. The molecule has 0 spiro atoms. The van der Waals surface area contributed by atoms with Crippen LogP contribution >= 0.6 is 0 Å². The Labute approximate surface area is 228 Å². The number of nitrogens with one attached hydrogen (secondary N) is 4. The Morgan fingerprint density at radius 3 is 2.00 bits per heavy atom. The van der Waals surface area contributed by atoms with Crippen LogP contribution in [0.3, 0.4) is 0 Å². The summed E-state index contributed by atoms with van der Waals surface area (Å²) in [7, 11) is 0. The molecule has 1 aromatic heterocycles. The number of aromatic amines is 1. The molecule has 16 heteroatoms. The highest BCUT2D eigenvalue weighted by atomic mass is 16.4. The highest BCUT2D eigenvalue weighted by Gasteiger charge is 2.31. The van der Waals surface area contributed by atoms with E-state index in [2.05, 4.69) is 25.9 Å². The quantitative estimate of drug-likeness (QED) is 0.0996. The van der Waals surface area contributed by atoms with Gasteiger partial charge >= 0.3 is 5.97 Å². The number of aromatic nitrogens is 2. The van der Waals surface area contributed by atoms with Gasteiger partial charge in [0.15, 0.2) is 0 Å². The summed E-state index contributed by atoms with van der Waals surface area (Å²) in [6.45, 7) is 0. The van der Waals surface area contributed by atoms with Crippen molar-refractivity contribution >= 4 is 35.5 Å². The molecule has 216 valence electrons. The van der Waals surface area contributed by atoms with E-state index >= 15 is 0 Å². The van der Waals surface area contributed by atoms with E-state index in [1.165, 1.54) is 36.8 Å². The Morgan fingerprint density at radius 2 is 1.45 bits per heavy atom. The summed E-state index contributed by atoms with van der Waals surface area (Å²) in [5, 5.41) is 26.0. The SMILES string of the molecule is NC(=O)CCC(NC(=O)C(N)Cc1cnc[nH]1)C(=O)NC(Cc1ccc(O)cc1)C(=O)NC(CC(N)=O)C(=O)O. The number of amides is 5. The molecule has 0 aliphatic heterocycles. The van der Waals surface area contributed by atoms with Gasteiger partial charge < -0.3 is 48.3 Å². The molecule has 4 unspecified atom stereocenters. The maximum Gasteiger partial charge on any atom is 0.326 e. The molecule has 0 radical (unpaired) electrons. The summed E-state index contributed by atoms with van der Waals surface area (Å²) in [6, 6.07) is 0.121. The van der Waals surface area contributed by atoms with Crippen LogP contribution in [-0.4, -0.2) is 79.9 Å². The monoisotopic (exact) mass is 560 g/mol. The number of phenols is 1. The van der Waals surface area contributed by atoms with E-state index in [4.69, 9.17) is 17.2 Å². The van der Waals surface area contributed by atoms with Crippen molar-refractivity contribution in [3.8, 4) is 5.75 Å². The highest BCUT2D eigenvalue weighted by molar-refractivity contribution is 5.95. The molecule has 0 aliphatic carbocycles. The van der Waals surface area contributed by atoms with E-state index in [1.807, 2.05) is 0 Å². The first-order valence-electron chi connectivity index (χ1n) is 12.1. The standard InChI is InChI=1S/C24H32N8O8/c25-15(8-13-10-28-11-29-13)21(36)30-16(5-6-19(26)34)22(37)31-17(7-12-1-3-14(33)4-2-12)23(38)32-18(24(39)40)9-20(27)35/h1-4,10-11,15-18,33H,5-9,25H2,(H2,26,34)(H2,27,35)(H,28,29)(H,30,36)(H,31,37)(H,32,38)(H,39,40). The number of carboxylic acids is 1. The number of carbonyl (C=O) groups excluding carboxylic acids is 5. The third-order valence-electron chi connectivity index (χ3n) is 5.67. The van der Waals surface area contributed by atoms with E-state index < -0.39 is 66.1 Å². The lowest BCUT2D eigenvalue weighted by Crippen LogP contribution is -2.58. The summed E-state index contributed by atoms with van der Waals surface area (Å²) in [5.41, 5.74) is 17.3. The van der Waals surface area contributed by atoms with Crippen LogP contribution in [0.4, 0.5) is 0 Å². The lowest BCUT2D eigenvalue weighted by atomic mass is 10.0. The molecule has 0 bridgehead atoms. The molecule has 0 fully saturated rings. The van der Waals surface area contributed by atoms with Gasteiger partial charge in [0.05, 0.1) is 18.8 Å². The van der Waals surface area contributed by atoms with Gasteiger partial charge in [0.25, 0.3) is 0 Å². The maximum atomic E-state index is 13.2. The number of nitrogens with two attached hydrogens (primary N) is 3. The third-order valence-corrected chi connectivity index (χ3v) is 5.67.